The molecule has 0 unspecified atom stereocenters. The van der Waals surface area contributed by atoms with Crippen molar-refractivity contribution in [2.24, 2.45) is 11.7 Å². The molecule has 18 heteroatoms. The van der Waals surface area contributed by atoms with Gasteiger partial charge in [-0.1, -0.05) is 65.8 Å². The maximum absolute atomic E-state index is 13.9. The molecule has 286 valence electrons. The van der Waals surface area contributed by atoms with Gasteiger partial charge < -0.3 is 48.1 Å². The smallest absolute Gasteiger partial charge is 0.244 e. The molecule has 2 heterocycles. The summed E-state index contributed by atoms with van der Waals surface area (Å²) in [5.41, 5.74) is 6.31. The molecule has 7 amide bonds. The highest BCUT2D eigenvalue weighted by atomic mass is 33.1. The summed E-state index contributed by atoms with van der Waals surface area (Å²) in [6.07, 6.45) is 6.46. The van der Waals surface area contributed by atoms with Crippen molar-refractivity contribution in [1.82, 2.24) is 37.2 Å². The van der Waals surface area contributed by atoms with E-state index in [0.717, 1.165) is 32.1 Å². The molecule has 1 aromatic rings. The van der Waals surface area contributed by atoms with E-state index in [-0.39, 0.29) is 36.0 Å². The largest absolute Gasteiger partial charge is 0.508 e. The van der Waals surface area contributed by atoms with Crippen LogP contribution in [0.25, 0.3) is 0 Å². The van der Waals surface area contributed by atoms with E-state index in [1.54, 1.807) is 12.1 Å². The van der Waals surface area contributed by atoms with E-state index in [1.165, 1.54) is 33.7 Å². The van der Waals surface area contributed by atoms with Gasteiger partial charge in [-0.25, -0.2) is 0 Å². The number of hydrogen-bond acceptors (Lipinski definition) is 11. The second-order valence-electron chi connectivity index (χ2n) is 13.3. The summed E-state index contributed by atoms with van der Waals surface area (Å²) in [6, 6.07) is 0.759. The molecule has 0 radical (unpaired) electrons. The number of carbonyl (C=O) groups excluding carboxylic acids is 7. The Kier molecular flexibility index (Phi) is 16.3. The van der Waals surface area contributed by atoms with Crippen molar-refractivity contribution in [3.05, 3.63) is 29.8 Å². The van der Waals surface area contributed by atoms with E-state index in [4.69, 9.17) is 5.73 Å². The fraction of sp³-hybridized carbons (Fsp3) is 0.618. The maximum Gasteiger partial charge on any atom is 0.244 e. The molecule has 0 aromatic heterocycles. The lowest BCUT2D eigenvalue weighted by Gasteiger charge is -2.29. The predicted octanol–water partition coefficient (Wildman–Crippen LogP) is -0.901. The number of fused-ring (bicyclic) bond motifs is 3. The van der Waals surface area contributed by atoms with E-state index in [2.05, 4.69) is 37.2 Å². The first-order chi connectivity index (χ1) is 25.0. The topological polar surface area (TPSA) is 250 Å². The number of nitrogens with one attached hydrogen (secondary N) is 7. The molecule has 2 saturated heterocycles. The van der Waals surface area contributed by atoms with Gasteiger partial charge in [-0.2, -0.15) is 0 Å². The Morgan fingerprint density at radius 2 is 1.23 bits per heavy atom. The Morgan fingerprint density at radius 1 is 0.635 bits per heavy atom. The van der Waals surface area contributed by atoms with Gasteiger partial charge in [-0.3, -0.25) is 33.6 Å². The van der Waals surface area contributed by atoms with Crippen LogP contribution in [0.3, 0.4) is 0 Å². The second-order valence-corrected chi connectivity index (χ2v) is 15.9. The molecule has 4 rings (SSSR count). The lowest BCUT2D eigenvalue weighted by Crippen LogP contribution is -2.58. The number of nitrogens with two attached hydrogens (primary N) is 1. The van der Waals surface area contributed by atoms with E-state index in [0.29, 0.717) is 31.4 Å². The third-order valence-corrected chi connectivity index (χ3v) is 11.6. The average Bonchev–Trinajstić information content (AvgIpc) is 3.12. The summed E-state index contributed by atoms with van der Waals surface area (Å²) in [5.74, 6) is -3.83. The number of amides is 7. The molecule has 1 aromatic carbocycles. The number of benzene rings is 1. The van der Waals surface area contributed by atoms with Crippen LogP contribution < -0.4 is 43.0 Å². The second kappa shape index (κ2) is 20.9. The van der Waals surface area contributed by atoms with Crippen molar-refractivity contribution < 1.29 is 38.7 Å². The molecular weight excluding hydrogens is 713 g/mol. The Labute approximate surface area is 310 Å². The zero-order valence-corrected chi connectivity index (χ0v) is 30.7. The third-order valence-electron chi connectivity index (χ3n) is 9.22. The first-order valence-corrected chi connectivity index (χ1v) is 20.3. The minimum absolute atomic E-state index is 0.00931. The molecule has 2 bridgehead atoms. The summed E-state index contributed by atoms with van der Waals surface area (Å²) in [6.45, 7) is -0.604. The molecule has 3 aliphatic rings. The van der Waals surface area contributed by atoms with Crippen LogP contribution in [0.5, 0.6) is 5.75 Å². The van der Waals surface area contributed by atoms with E-state index in [9.17, 15) is 38.7 Å². The van der Waals surface area contributed by atoms with Crippen LogP contribution in [0.1, 0.15) is 63.4 Å². The number of carbonyl (C=O) groups is 7. The predicted molar refractivity (Wildman–Crippen MR) is 196 cm³/mol. The normalized spacial score (nSPS) is 26.6. The highest BCUT2D eigenvalue weighted by molar-refractivity contribution is 8.76. The van der Waals surface area contributed by atoms with E-state index >= 15 is 0 Å². The van der Waals surface area contributed by atoms with Crippen LogP contribution in [-0.2, 0) is 40.0 Å². The fourth-order valence-electron chi connectivity index (χ4n) is 6.31. The van der Waals surface area contributed by atoms with Crippen molar-refractivity contribution in [2.45, 2.75) is 94.4 Å². The number of phenols is 1. The fourth-order valence-corrected chi connectivity index (χ4v) is 8.64. The van der Waals surface area contributed by atoms with Gasteiger partial charge >= 0.3 is 0 Å². The number of rotatable bonds is 8. The number of unbranched alkanes of at least 4 members (excludes halogenated alkanes) is 1. The molecule has 5 atom stereocenters. The van der Waals surface area contributed by atoms with Gasteiger partial charge in [0.2, 0.25) is 41.4 Å². The van der Waals surface area contributed by atoms with Crippen LogP contribution in [0, 0.1) is 5.92 Å². The van der Waals surface area contributed by atoms with Crippen molar-refractivity contribution in [3.8, 4) is 5.75 Å². The number of hydrogen-bond donors (Lipinski definition) is 9. The molecule has 1 aliphatic carbocycles. The van der Waals surface area contributed by atoms with Crippen LogP contribution in [0.15, 0.2) is 24.3 Å². The zero-order valence-electron chi connectivity index (χ0n) is 29.1. The molecule has 3 fully saturated rings. The average molecular weight is 763 g/mol. The van der Waals surface area contributed by atoms with Gasteiger partial charge in [0.05, 0.1) is 13.1 Å². The van der Waals surface area contributed by atoms with Crippen LogP contribution in [0.2, 0.25) is 0 Å². The summed E-state index contributed by atoms with van der Waals surface area (Å²) >= 11 is 0. The molecule has 2 aliphatic heterocycles. The Hall–Kier alpha value is -4.03. The maximum atomic E-state index is 13.9. The zero-order chi connectivity index (χ0) is 37.5. The SMILES string of the molecule is NCCCC[C@@H]1NC(=O)[C@H](Cc2ccc(O)cc2)NC(=O)CNC(=O)[C@@H]2CSSC[C@H](NC(=O)CNC(=O)[C@H](CC3CCCCC3)NC1=O)C(=O)N2. The van der Waals surface area contributed by atoms with Gasteiger partial charge in [0, 0.05) is 17.9 Å². The van der Waals surface area contributed by atoms with E-state index < -0.39 is 84.6 Å². The Balaban J connectivity index is 1.63. The minimum Gasteiger partial charge on any atom is -0.508 e. The number of aromatic hydroxyl groups is 1. The third kappa shape index (κ3) is 13.2. The highest BCUT2D eigenvalue weighted by Gasteiger charge is 2.33. The van der Waals surface area contributed by atoms with Gasteiger partial charge in [-0.05, 0) is 55.8 Å². The summed E-state index contributed by atoms with van der Waals surface area (Å²) in [7, 11) is 2.60. The lowest BCUT2D eigenvalue weighted by molar-refractivity contribution is -0.134. The van der Waals surface area contributed by atoms with Gasteiger partial charge in [0.25, 0.3) is 0 Å². The van der Waals surface area contributed by atoms with Crippen LogP contribution in [-0.4, -0.2) is 108 Å². The Bertz CT molecular complexity index is 1430. The first kappa shape index (κ1) is 40.7. The van der Waals surface area contributed by atoms with Gasteiger partial charge in [0.15, 0.2) is 0 Å². The van der Waals surface area contributed by atoms with Crippen molar-refractivity contribution in [2.75, 3.05) is 31.1 Å². The van der Waals surface area contributed by atoms with Crippen molar-refractivity contribution >= 4 is 62.9 Å². The lowest BCUT2D eigenvalue weighted by atomic mass is 9.84. The molecule has 10 N–H and O–H groups in total. The van der Waals surface area contributed by atoms with Gasteiger partial charge in [0.1, 0.15) is 36.0 Å². The highest BCUT2D eigenvalue weighted by Crippen LogP contribution is 2.28. The summed E-state index contributed by atoms with van der Waals surface area (Å²) in [5, 5.41) is 28.3. The first-order valence-electron chi connectivity index (χ1n) is 17.8. The van der Waals surface area contributed by atoms with E-state index in [1.807, 2.05) is 0 Å². The summed E-state index contributed by atoms with van der Waals surface area (Å²) in [4.78, 5) is 93.6. The summed E-state index contributed by atoms with van der Waals surface area (Å²) < 4.78 is 0. The Morgan fingerprint density at radius 3 is 1.90 bits per heavy atom. The number of phenolic OH excluding ortho intramolecular Hbond substituents is 1. The molecule has 0 spiro atoms. The molecule has 16 nitrogen and oxygen atoms in total. The van der Waals surface area contributed by atoms with Crippen LogP contribution >= 0.6 is 21.6 Å². The van der Waals surface area contributed by atoms with Gasteiger partial charge in [-0.15, -0.1) is 0 Å². The molecule has 52 heavy (non-hydrogen) atoms. The minimum atomic E-state index is -1.19. The van der Waals surface area contributed by atoms with Crippen LogP contribution in [0.4, 0.5) is 0 Å². The molecular formula is C34H50N8O8S2. The molecule has 1 saturated carbocycles. The standard InChI is InChI=1S/C34H50N8O8S2/c35-13-5-4-8-23-32(48)41-24(14-20-6-2-1-3-7-20)30(46)36-17-29(45)39-27-19-52-51-18-26(42-34(27)50)31(47)37-16-28(44)38-25(33(49)40-23)15-21-9-11-22(43)12-10-21/h9-12,20,23-27,43H,1-8,13-19,35H2,(H,36,46)(H,37,47)(H,38,44)(H,39,45)(H,40,49)(H,41,48)(H,42,50)/t23-,24-,25-,26-,27-/m0/s1. The van der Waals surface area contributed by atoms with Crippen molar-refractivity contribution in [1.29, 1.82) is 0 Å². The van der Waals surface area contributed by atoms with Crippen molar-refractivity contribution in [3.63, 3.8) is 0 Å². The monoisotopic (exact) mass is 762 g/mol. The quantitative estimate of drug-likeness (QED) is 0.116.